The molecule has 1 amide bonds. The number of hydrogen-bond donors (Lipinski definition) is 3. The highest BCUT2D eigenvalue weighted by Crippen LogP contribution is 2.16. The number of carbonyl (C=O) groups excluding carboxylic acids is 1. The molecule has 1 saturated heterocycles. The summed E-state index contributed by atoms with van der Waals surface area (Å²) in [7, 11) is 1.82. The molecule has 1 aliphatic heterocycles. The number of benzene rings is 1. The molecule has 1 fully saturated rings. The summed E-state index contributed by atoms with van der Waals surface area (Å²) in [6.07, 6.45) is 6.21. The lowest BCUT2D eigenvalue weighted by atomic mass is 9.96. The second-order valence-corrected chi connectivity index (χ2v) is 7.79. The predicted molar refractivity (Wildman–Crippen MR) is 116 cm³/mol. The van der Waals surface area contributed by atoms with E-state index in [1.807, 2.05) is 7.05 Å². The molecule has 28 heavy (non-hydrogen) atoms. The number of amides is 1. The molecule has 1 unspecified atom stereocenters. The lowest BCUT2D eigenvalue weighted by molar-refractivity contribution is -0.123. The minimum Gasteiger partial charge on any atom is -0.369 e. The van der Waals surface area contributed by atoms with Gasteiger partial charge < -0.3 is 21.3 Å². The maximum absolute atomic E-state index is 11.2. The topological polar surface area (TPSA) is 82.8 Å². The van der Waals surface area contributed by atoms with Crippen LogP contribution in [0.2, 0.25) is 0 Å². The Labute approximate surface area is 170 Å². The van der Waals surface area contributed by atoms with Crippen LogP contribution >= 0.6 is 0 Å². The van der Waals surface area contributed by atoms with Crippen LogP contribution in [0.15, 0.2) is 35.3 Å². The average Bonchev–Trinajstić information content (AvgIpc) is 2.72. The number of aryl methyl sites for hydroxylation is 1. The van der Waals surface area contributed by atoms with Crippen LogP contribution in [-0.2, 0) is 11.2 Å². The van der Waals surface area contributed by atoms with Crippen LogP contribution in [0.4, 0.5) is 0 Å². The molecule has 4 N–H and O–H groups in total. The maximum Gasteiger partial charge on any atom is 0.220 e. The number of rotatable bonds is 10. The highest BCUT2D eigenvalue weighted by molar-refractivity contribution is 5.79. The molecular formula is C22H37N5O. The number of primary amides is 1. The molecule has 0 spiro atoms. The predicted octanol–water partition coefficient (Wildman–Crippen LogP) is 2.15. The van der Waals surface area contributed by atoms with Crippen molar-refractivity contribution in [2.75, 3.05) is 33.2 Å². The van der Waals surface area contributed by atoms with E-state index in [0.717, 1.165) is 70.7 Å². The number of nitrogens with one attached hydrogen (secondary N) is 2. The molecule has 1 heterocycles. The van der Waals surface area contributed by atoms with E-state index < -0.39 is 0 Å². The zero-order valence-electron chi connectivity index (χ0n) is 17.5. The monoisotopic (exact) mass is 387 g/mol. The smallest absolute Gasteiger partial charge is 0.220 e. The third kappa shape index (κ3) is 8.30. The van der Waals surface area contributed by atoms with Gasteiger partial charge in [0.2, 0.25) is 5.91 Å². The number of aliphatic imine (C=N–C) groups is 1. The fourth-order valence-corrected chi connectivity index (χ4v) is 3.64. The summed E-state index contributed by atoms with van der Waals surface area (Å²) in [6, 6.07) is 11.0. The fourth-order valence-electron chi connectivity index (χ4n) is 3.64. The summed E-state index contributed by atoms with van der Waals surface area (Å²) in [4.78, 5) is 18.0. The van der Waals surface area contributed by atoms with Gasteiger partial charge in [0.05, 0.1) is 0 Å². The quantitative estimate of drug-likeness (QED) is 0.326. The van der Waals surface area contributed by atoms with Gasteiger partial charge in [-0.25, -0.2) is 0 Å². The van der Waals surface area contributed by atoms with E-state index in [9.17, 15) is 4.79 Å². The third-order valence-corrected chi connectivity index (χ3v) is 5.50. The molecule has 6 heteroatoms. The largest absolute Gasteiger partial charge is 0.369 e. The number of hydrogen-bond acceptors (Lipinski definition) is 3. The van der Waals surface area contributed by atoms with Crippen molar-refractivity contribution in [3.8, 4) is 0 Å². The standard InChI is InChI=1S/C22H37N5O/c1-18(10-11-19-8-4-3-5-9-19)26-22(24-2)25-14-6-7-15-27-16-12-20(13-17-27)21(23)28/h3-5,8-9,18,20H,6-7,10-17H2,1-2H3,(H2,23,28)(H2,24,25,26). The fraction of sp³-hybridized carbons (Fsp3) is 0.636. The normalized spacial score (nSPS) is 17.3. The average molecular weight is 388 g/mol. The summed E-state index contributed by atoms with van der Waals surface area (Å²) >= 11 is 0. The Balaban J connectivity index is 1.54. The number of nitrogens with zero attached hydrogens (tertiary/aromatic N) is 2. The van der Waals surface area contributed by atoms with E-state index in [0.29, 0.717) is 6.04 Å². The molecular weight excluding hydrogens is 350 g/mol. The highest BCUT2D eigenvalue weighted by atomic mass is 16.1. The van der Waals surface area contributed by atoms with E-state index in [1.165, 1.54) is 5.56 Å². The number of likely N-dealkylation sites (tertiary alicyclic amines) is 1. The van der Waals surface area contributed by atoms with Crippen molar-refractivity contribution in [2.45, 2.75) is 51.5 Å². The zero-order chi connectivity index (χ0) is 20.2. The van der Waals surface area contributed by atoms with Gasteiger partial charge in [0.15, 0.2) is 5.96 Å². The number of unbranched alkanes of at least 4 members (excludes halogenated alkanes) is 1. The molecule has 0 radical (unpaired) electrons. The zero-order valence-corrected chi connectivity index (χ0v) is 17.5. The van der Waals surface area contributed by atoms with Gasteiger partial charge in [0, 0.05) is 25.6 Å². The van der Waals surface area contributed by atoms with Crippen LogP contribution in [0, 0.1) is 5.92 Å². The molecule has 0 bridgehead atoms. The van der Waals surface area contributed by atoms with E-state index in [1.54, 1.807) is 0 Å². The lowest BCUT2D eigenvalue weighted by Gasteiger charge is -2.30. The van der Waals surface area contributed by atoms with Crippen LogP contribution in [0.25, 0.3) is 0 Å². The molecule has 2 rings (SSSR count). The van der Waals surface area contributed by atoms with Crippen molar-refractivity contribution in [2.24, 2.45) is 16.6 Å². The summed E-state index contributed by atoms with van der Waals surface area (Å²) in [5.41, 5.74) is 6.77. The Morgan fingerprint density at radius 3 is 2.61 bits per heavy atom. The second kappa shape index (κ2) is 12.4. The minimum absolute atomic E-state index is 0.0798. The van der Waals surface area contributed by atoms with E-state index in [-0.39, 0.29) is 11.8 Å². The van der Waals surface area contributed by atoms with Gasteiger partial charge in [-0.2, -0.15) is 0 Å². The molecule has 6 nitrogen and oxygen atoms in total. The SMILES string of the molecule is CN=C(NCCCCN1CCC(C(N)=O)CC1)NC(C)CCc1ccccc1. The Hall–Kier alpha value is -2.08. The molecule has 156 valence electrons. The number of piperidine rings is 1. The van der Waals surface area contributed by atoms with Crippen LogP contribution in [0.5, 0.6) is 0 Å². The van der Waals surface area contributed by atoms with Crippen molar-refractivity contribution < 1.29 is 4.79 Å². The van der Waals surface area contributed by atoms with Crippen LogP contribution in [0.3, 0.4) is 0 Å². The van der Waals surface area contributed by atoms with Gasteiger partial charge in [-0.15, -0.1) is 0 Å². The lowest BCUT2D eigenvalue weighted by Crippen LogP contribution is -2.43. The molecule has 0 saturated carbocycles. The molecule has 0 aromatic heterocycles. The summed E-state index contributed by atoms with van der Waals surface area (Å²) in [6.45, 7) is 6.19. The number of carbonyl (C=O) groups is 1. The van der Waals surface area contributed by atoms with Crippen LogP contribution in [-0.4, -0.2) is 56.0 Å². The first-order valence-corrected chi connectivity index (χ1v) is 10.6. The third-order valence-electron chi connectivity index (χ3n) is 5.50. The highest BCUT2D eigenvalue weighted by Gasteiger charge is 2.22. The van der Waals surface area contributed by atoms with Gasteiger partial charge >= 0.3 is 0 Å². The van der Waals surface area contributed by atoms with E-state index >= 15 is 0 Å². The Kier molecular flexibility index (Phi) is 9.83. The number of nitrogens with two attached hydrogens (primary N) is 1. The first-order valence-electron chi connectivity index (χ1n) is 10.6. The second-order valence-electron chi connectivity index (χ2n) is 7.79. The molecule has 1 aromatic carbocycles. The van der Waals surface area contributed by atoms with Crippen molar-refractivity contribution in [1.82, 2.24) is 15.5 Å². The Bertz CT molecular complexity index is 596. The Morgan fingerprint density at radius 1 is 1.25 bits per heavy atom. The van der Waals surface area contributed by atoms with Crippen molar-refractivity contribution in [3.63, 3.8) is 0 Å². The van der Waals surface area contributed by atoms with Crippen molar-refractivity contribution >= 4 is 11.9 Å². The first kappa shape index (κ1) is 22.2. The van der Waals surface area contributed by atoms with Gasteiger partial charge in [-0.3, -0.25) is 9.79 Å². The van der Waals surface area contributed by atoms with Gasteiger partial charge in [0.25, 0.3) is 0 Å². The van der Waals surface area contributed by atoms with Gasteiger partial charge in [0.1, 0.15) is 0 Å². The minimum atomic E-state index is -0.138. The molecule has 1 atom stereocenters. The van der Waals surface area contributed by atoms with Crippen LogP contribution < -0.4 is 16.4 Å². The Morgan fingerprint density at radius 2 is 1.96 bits per heavy atom. The molecule has 0 aliphatic carbocycles. The van der Waals surface area contributed by atoms with E-state index in [4.69, 9.17) is 5.73 Å². The number of guanidine groups is 1. The van der Waals surface area contributed by atoms with Crippen LogP contribution in [0.1, 0.15) is 44.6 Å². The summed E-state index contributed by atoms with van der Waals surface area (Å²) in [5, 5.41) is 6.89. The van der Waals surface area contributed by atoms with Gasteiger partial charge in [-0.1, -0.05) is 30.3 Å². The van der Waals surface area contributed by atoms with E-state index in [2.05, 4.69) is 57.8 Å². The van der Waals surface area contributed by atoms with Crippen molar-refractivity contribution in [1.29, 1.82) is 0 Å². The van der Waals surface area contributed by atoms with Crippen molar-refractivity contribution in [3.05, 3.63) is 35.9 Å². The summed E-state index contributed by atoms with van der Waals surface area (Å²) in [5.74, 6) is 0.819. The molecule has 1 aliphatic rings. The maximum atomic E-state index is 11.2. The molecule has 1 aromatic rings. The first-order chi connectivity index (χ1) is 13.6. The van der Waals surface area contributed by atoms with Gasteiger partial charge in [-0.05, 0) is 70.6 Å². The summed E-state index contributed by atoms with van der Waals surface area (Å²) < 4.78 is 0.